The second-order valence-electron chi connectivity index (χ2n) is 7.70. The lowest BCUT2D eigenvalue weighted by Crippen LogP contribution is -2.39. The minimum Gasteiger partial charge on any atom is -0.461 e. The molecule has 8 nitrogen and oxygen atoms in total. The van der Waals surface area contributed by atoms with Crippen molar-refractivity contribution < 1.29 is 14.3 Å². The largest absolute Gasteiger partial charge is 0.461 e. The molecule has 0 aliphatic carbocycles. The molecule has 1 atom stereocenters. The molecule has 1 aliphatic heterocycles. The highest BCUT2D eigenvalue weighted by Crippen LogP contribution is 2.26. The fourth-order valence-electron chi connectivity index (χ4n) is 2.88. The van der Waals surface area contributed by atoms with Crippen LogP contribution in [0.2, 0.25) is 0 Å². The third-order valence-corrected chi connectivity index (χ3v) is 4.34. The molecular formula is C21H25N5O3. The highest BCUT2D eigenvalue weighted by atomic mass is 16.5. The summed E-state index contributed by atoms with van der Waals surface area (Å²) in [5.74, 6) is -0.124. The third kappa shape index (κ3) is 4.77. The number of hydrazone groups is 1. The quantitative estimate of drug-likeness (QED) is 0.782. The Labute approximate surface area is 170 Å². The van der Waals surface area contributed by atoms with E-state index in [2.05, 4.69) is 20.4 Å². The van der Waals surface area contributed by atoms with Gasteiger partial charge in [0.15, 0.2) is 0 Å². The number of nitrogens with zero attached hydrogens (tertiary/aromatic N) is 4. The van der Waals surface area contributed by atoms with Gasteiger partial charge in [-0.05, 0) is 19.1 Å². The summed E-state index contributed by atoms with van der Waals surface area (Å²) >= 11 is 0. The van der Waals surface area contributed by atoms with Crippen LogP contribution >= 0.6 is 0 Å². The summed E-state index contributed by atoms with van der Waals surface area (Å²) in [6.45, 7) is 8.03. The zero-order chi connectivity index (χ0) is 21.0. The van der Waals surface area contributed by atoms with Crippen molar-refractivity contribution in [2.45, 2.75) is 45.6 Å². The third-order valence-electron chi connectivity index (χ3n) is 4.34. The minimum atomic E-state index is -0.681. The van der Waals surface area contributed by atoms with Crippen LogP contribution in [-0.4, -0.2) is 40.2 Å². The number of para-hydroxylation sites is 1. The molecule has 1 amide bonds. The first-order chi connectivity index (χ1) is 13.8. The van der Waals surface area contributed by atoms with Crippen LogP contribution in [0.3, 0.4) is 0 Å². The smallest absolute Gasteiger partial charge is 0.354 e. The fourth-order valence-corrected chi connectivity index (χ4v) is 2.88. The van der Waals surface area contributed by atoms with E-state index >= 15 is 0 Å². The van der Waals surface area contributed by atoms with Gasteiger partial charge in [0.2, 0.25) is 5.91 Å². The number of hydrogen-bond acceptors (Lipinski definition) is 7. The Morgan fingerprint density at radius 1 is 1.17 bits per heavy atom. The zero-order valence-electron chi connectivity index (χ0n) is 17.0. The lowest BCUT2D eigenvalue weighted by atomic mass is 9.96. The number of hydrogen-bond donors (Lipinski definition) is 1. The predicted molar refractivity (Wildman–Crippen MR) is 111 cm³/mol. The molecule has 1 N–H and O–H groups in total. The van der Waals surface area contributed by atoms with E-state index in [0.29, 0.717) is 17.2 Å². The summed E-state index contributed by atoms with van der Waals surface area (Å²) in [4.78, 5) is 33.8. The lowest BCUT2D eigenvalue weighted by molar-refractivity contribution is -0.135. The monoisotopic (exact) mass is 395 g/mol. The minimum absolute atomic E-state index is 0.153. The molecule has 152 valence electrons. The first-order valence-corrected chi connectivity index (χ1v) is 9.52. The van der Waals surface area contributed by atoms with E-state index in [1.807, 2.05) is 51.1 Å². The Morgan fingerprint density at radius 3 is 2.41 bits per heavy atom. The molecule has 0 bridgehead atoms. The second-order valence-corrected chi connectivity index (χ2v) is 7.70. The van der Waals surface area contributed by atoms with Gasteiger partial charge in [-0.25, -0.2) is 14.8 Å². The number of carbonyl (C=O) groups is 2. The molecule has 0 saturated heterocycles. The molecule has 0 fully saturated rings. The molecule has 3 rings (SSSR count). The van der Waals surface area contributed by atoms with Crippen molar-refractivity contribution in [1.82, 2.24) is 9.97 Å². The van der Waals surface area contributed by atoms with Gasteiger partial charge in [0.05, 0.1) is 30.4 Å². The Balaban J connectivity index is 1.80. The molecule has 0 radical (unpaired) electrons. The maximum Gasteiger partial charge on any atom is 0.354 e. The number of aromatic nitrogens is 2. The Hall–Kier alpha value is -3.29. The van der Waals surface area contributed by atoms with Gasteiger partial charge in [0.1, 0.15) is 17.6 Å². The van der Waals surface area contributed by atoms with Crippen LogP contribution in [0.5, 0.6) is 0 Å². The molecule has 0 saturated carbocycles. The van der Waals surface area contributed by atoms with E-state index in [1.165, 1.54) is 0 Å². The van der Waals surface area contributed by atoms with Gasteiger partial charge in [-0.1, -0.05) is 39.0 Å². The summed E-state index contributed by atoms with van der Waals surface area (Å²) in [6, 6.07) is 8.55. The molecule has 8 heteroatoms. The van der Waals surface area contributed by atoms with E-state index in [9.17, 15) is 9.59 Å². The van der Waals surface area contributed by atoms with Crippen molar-refractivity contribution >= 4 is 29.0 Å². The Morgan fingerprint density at radius 2 is 1.83 bits per heavy atom. The van der Waals surface area contributed by atoms with Crippen LogP contribution in [0, 0.1) is 0 Å². The van der Waals surface area contributed by atoms with Crippen LogP contribution in [0.15, 0.2) is 47.8 Å². The number of anilines is 2. The van der Waals surface area contributed by atoms with Gasteiger partial charge < -0.3 is 10.1 Å². The molecule has 2 heterocycles. The van der Waals surface area contributed by atoms with E-state index in [0.717, 1.165) is 0 Å². The summed E-state index contributed by atoms with van der Waals surface area (Å²) in [6.07, 6.45) is 3.32. The van der Waals surface area contributed by atoms with E-state index in [1.54, 1.807) is 24.3 Å². The van der Waals surface area contributed by atoms with Crippen molar-refractivity contribution in [2.24, 2.45) is 5.10 Å². The molecule has 29 heavy (non-hydrogen) atoms. The molecule has 1 aromatic heterocycles. The number of carbonyl (C=O) groups excluding carboxylic acids is 2. The number of esters is 1. The van der Waals surface area contributed by atoms with Crippen molar-refractivity contribution in [1.29, 1.82) is 0 Å². The fraction of sp³-hybridized carbons (Fsp3) is 0.381. The van der Waals surface area contributed by atoms with Gasteiger partial charge in [-0.3, -0.25) is 9.80 Å². The van der Waals surface area contributed by atoms with Crippen molar-refractivity contribution in [3.05, 3.63) is 48.5 Å². The van der Waals surface area contributed by atoms with Crippen molar-refractivity contribution in [3.63, 3.8) is 0 Å². The topological polar surface area (TPSA) is 96.8 Å². The number of nitrogens with one attached hydrogen (secondary N) is 1. The number of rotatable bonds is 5. The number of benzene rings is 1. The SMILES string of the molecule is CCOC(=O)C1=NN(c2ccccc2)C(C(=O)Nc2cnc(C(C)(C)C)nc2)C1. The van der Waals surface area contributed by atoms with E-state index < -0.39 is 12.0 Å². The second kappa shape index (κ2) is 8.38. The van der Waals surface area contributed by atoms with Crippen molar-refractivity contribution in [2.75, 3.05) is 16.9 Å². The number of amides is 1. The van der Waals surface area contributed by atoms with Gasteiger partial charge in [0.25, 0.3) is 0 Å². The molecule has 1 unspecified atom stereocenters. The maximum absolute atomic E-state index is 13.0. The first kappa shape index (κ1) is 20.4. The molecule has 1 aromatic carbocycles. The normalized spacial score (nSPS) is 16.3. The van der Waals surface area contributed by atoms with E-state index in [-0.39, 0.29) is 30.1 Å². The van der Waals surface area contributed by atoms with Crippen molar-refractivity contribution in [3.8, 4) is 0 Å². The summed E-state index contributed by atoms with van der Waals surface area (Å²) in [5.41, 5.74) is 1.24. The highest BCUT2D eigenvalue weighted by Gasteiger charge is 2.37. The molecule has 2 aromatic rings. The van der Waals surface area contributed by atoms with Gasteiger partial charge in [-0.2, -0.15) is 5.10 Å². The van der Waals surface area contributed by atoms with Gasteiger partial charge in [0, 0.05) is 11.8 Å². The first-order valence-electron chi connectivity index (χ1n) is 9.52. The molecular weight excluding hydrogens is 370 g/mol. The zero-order valence-corrected chi connectivity index (χ0v) is 17.0. The van der Waals surface area contributed by atoms with Gasteiger partial charge in [-0.15, -0.1) is 0 Å². The maximum atomic E-state index is 13.0. The average molecular weight is 395 g/mol. The average Bonchev–Trinajstić information content (AvgIpc) is 3.14. The standard InChI is InChI=1S/C21H25N5O3/c1-5-29-19(28)16-11-17(26(25-16)15-9-7-6-8-10-15)18(27)24-14-12-22-20(23-13-14)21(2,3)4/h6-10,12-13,17H,5,11H2,1-4H3,(H,24,27). The van der Waals surface area contributed by atoms with Crippen LogP contribution in [0.1, 0.15) is 39.9 Å². The van der Waals surface area contributed by atoms with Crippen LogP contribution in [0.25, 0.3) is 0 Å². The molecule has 0 spiro atoms. The Kier molecular flexibility index (Phi) is 5.91. The van der Waals surface area contributed by atoms with Gasteiger partial charge >= 0.3 is 5.97 Å². The summed E-state index contributed by atoms with van der Waals surface area (Å²) in [5, 5.41) is 8.72. The molecule has 1 aliphatic rings. The Bertz CT molecular complexity index is 904. The predicted octanol–water partition coefficient (Wildman–Crippen LogP) is 2.91. The van der Waals surface area contributed by atoms with Crippen LogP contribution in [-0.2, 0) is 19.7 Å². The highest BCUT2D eigenvalue weighted by molar-refractivity contribution is 6.38. The van der Waals surface area contributed by atoms with Crippen LogP contribution < -0.4 is 10.3 Å². The van der Waals surface area contributed by atoms with E-state index in [4.69, 9.17) is 4.74 Å². The lowest BCUT2D eigenvalue weighted by Gasteiger charge is -2.22. The summed E-state index contributed by atoms with van der Waals surface area (Å²) < 4.78 is 5.05. The number of ether oxygens (including phenoxy) is 1. The van der Waals surface area contributed by atoms with Crippen LogP contribution in [0.4, 0.5) is 11.4 Å². The summed E-state index contributed by atoms with van der Waals surface area (Å²) in [7, 11) is 0.